The van der Waals surface area contributed by atoms with E-state index in [1.807, 2.05) is 0 Å². The molecule has 1 saturated heterocycles. The third-order valence-corrected chi connectivity index (χ3v) is 3.70. The number of ether oxygens (including phenoxy) is 2. The molecule has 1 aliphatic heterocycles. The number of alkyl halides is 3. The molecule has 24 heavy (non-hydrogen) atoms. The Morgan fingerprint density at radius 2 is 1.67 bits per heavy atom. The normalized spacial score (nSPS) is 15.5. The minimum Gasteiger partial charge on any atom is -0.377 e. The van der Waals surface area contributed by atoms with E-state index in [4.69, 9.17) is 9.47 Å². The van der Waals surface area contributed by atoms with Crippen LogP contribution >= 0.6 is 0 Å². The summed E-state index contributed by atoms with van der Waals surface area (Å²) in [5.74, 6) is -0.445. The van der Waals surface area contributed by atoms with Crippen molar-refractivity contribution in [3.63, 3.8) is 0 Å². The van der Waals surface area contributed by atoms with Gasteiger partial charge in [-0.05, 0) is 6.07 Å². The molecule has 132 valence electrons. The summed E-state index contributed by atoms with van der Waals surface area (Å²) in [5, 5.41) is 0.125. The van der Waals surface area contributed by atoms with Gasteiger partial charge in [0.2, 0.25) is 0 Å². The zero-order valence-electron chi connectivity index (χ0n) is 12.2. The van der Waals surface area contributed by atoms with Crippen molar-refractivity contribution in [1.82, 2.24) is 9.97 Å². The van der Waals surface area contributed by atoms with E-state index < -0.39 is 21.4 Å². The SMILES string of the molecule is C1COCCO1.O=S(=O)(Oc1ccnc2cnccc12)C(F)(F)F. The third kappa shape index (κ3) is 4.76. The van der Waals surface area contributed by atoms with Gasteiger partial charge in [-0.2, -0.15) is 21.6 Å². The van der Waals surface area contributed by atoms with E-state index in [2.05, 4.69) is 14.2 Å². The quantitative estimate of drug-likeness (QED) is 0.592. The highest BCUT2D eigenvalue weighted by molar-refractivity contribution is 7.88. The lowest BCUT2D eigenvalue weighted by Crippen LogP contribution is -2.28. The van der Waals surface area contributed by atoms with Crippen LogP contribution in [0.4, 0.5) is 13.2 Å². The minimum absolute atomic E-state index is 0.125. The fourth-order valence-corrected chi connectivity index (χ4v) is 2.13. The lowest BCUT2D eigenvalue weighted by Gasteiger charge is -2.10. The Bertz CT molecular complexity index is 762. The lowest BCUT2D eigenvalue weighted by molar-refractivity contribution is -0.0499. The van der Waals surface area contributed by atoms with E-state index >= 15 is 0 Å². The number of pyridine rings is 2. The molecule has 2 aromatic rings. The highest BCUT2D eigenvalue weighted by Crippen LogP contribution is 2.30. The largest absolute Gasteiger partial charge is 0.534 e. The lowest BCUT2D eigenvalue weighted by atomic mass is 10.2. The van der Waals surface area contributed by atoms with Crippen molar-refractivity contribution in [3.05, 3.63) is 30.7 Å². The van der Waals surface area contributed by atoms with Crippen LogP contribution in [-0.4, -0.2) is 50.3 Å². The number of halogens is 3. The van der Waals surface area contributed by atoms with Crippen LogP contribution in [-0.2, 0) is 19.6 Å². The average Bonchev–Trinajstić information content (AvgIpc) is 2.56. The van der Waals surface area contributed by atoms with E-state index in [0.717, 1.165) is 38.7 Å². The highest BCUT2D eigenvalue weighted by Gasteiger charge is 2.48. The topological polar surface area (TPSA) is 87.6 Å². The van der Waals surface area contributed by atoms with Gasteiger partial charge in [0.1, 0.15) is 0 Å². The van der Waals surface area contributed by atoms with Crippen molar-refractivity contribution in [2.24, 2.45) is 0 Å². The van der Waals surface area contributed by atoms with E-state index in [0.29, 0.717) is 0 Å². The Kier molecular flexibility index (Phi) is 5.91. The number of hydrogen-bond acceptors (Lipinski definition) is 7. The molecule has 0 atom stereocenters. The summed E-state index contributed by atoms with van der Waals surface area (Å²) < 4.78 is 72.2. The Hall–Kier alpha value is -1.98. The zero-order valence-corrected chi connectivity index (χ0v) is 13.0. The van der Waals surface area contributed by atoms with E-state index in [1.54, 1.807) is 0 Å². The maximum atomic E-state index is 12.2. The summed E-state index contributed by atoms with van der Waals surface area (Å²) in [5.41, 5.74) is -5.25. The number of hydrogen-bond donors (Lipinski definition) is 0. The van der Waals surface area contributed by atoms with E-state index in [-0.39, 0.29) is 10.9 Å². The molecule has 0 unspecified atom stereocenters. The van der Waals surface area contributed by atoms with Crippen molar-refractivity contribution in [3.8, 4) is 5.75 Å². The summed E-state index contributed by atoms with van der Waals surface area (Å²) in [6.07, 6.45) is 3.70. The van der Waals surface area contributed by atoms with Crippen molar-refractivity contribution in [1.29, 1.82) is 0 Å². The van der Waals surface area contributed by atoms with Gasteiger partial charge in [0, 0.05) is 23.8 Å². The molecule has 0 aliphatic carbocycles. The predicted octanol–water partition coefficient (Wildman–Crippen LogP) is 1.89. The standard InChI is InChI=1S/C9H5F3N2O3S.C4H8O2/c10-9(11,12)18(15,16)17-8-2-4-14-7-5-13-3-1-6(7)8;1-2-6-4-3-5-1/h1-5H;1-4H2. The summed E-state index contributed by atoms with van der Waals surface area (Å²) in [7, 11) is -5.69. The second-order valence-corrected chi connectivity index (χ2v) is 5.95. The molecule has 1 fully saturated rings. The predicted molar refractivity (Wildman–Crippen MR) is 76.8 cm³/mol. The fraction of sp³-hybridized carbons (Fsp3) is 0.385. The van der Waals surface area contributed by atoms with Crippen LogP contribution in [0.15, 0.2) is 30.7 Å². The Labute approximate surface area is 135 Å². The summed E-state index contributed by atoms with van der Waals surface area (Å²) >= 11 is 0. The maximum Gasteiger partial charge on any atom is 0.534 e. The molecular formula is C13H13F3N2O5S. The first-order valence-electron chi connectivity index (χ1n) is 6.66. The molecule has 7 nitrogen and oxygen atoms in total. The van der Waals surface area contributed by atoms with Crippen molar-refractivity contribution < 1.29 is 35.2 Å². The third-order valence-electron chi connectivity index (χ3n) is 2.73. The molecule has 3 rings (SSSR count). The van der Waals surface area contributed by atoms with Crippen LogP contribution in [0.3, 0.4) is 0 Å². The van der Waals surface area contributed by atoms with Crippen LogP contribution in [0.5, 0.6) is 5.75 Å². The van der Waals surface area contributed by atoms with Crippen LogP contribution in [0.25, 0.3) is 10.9 Å². The number of fused-ring (bicyclic) bond motifs is 1. The molecule has 0 amide bonds. The average molecular weight is 366 g/mol. The summed E-state index contributed by atoms with van der Waals surface area (Å²) in [6.45, 7) is 3.11. The van der Waals surface area contributed by atoms with Crippen molar-refractivity contribution in [2.45, 2.75) is 5.51 Å². The van der Waals surface area contributed by atoms with Gasteiger partial charge in [0.15, 0.2) is 5.75 Å². The molecule has 0 aromatic carbocycles. The first-order chi connectivity index (χ1) is 11.3. The molecule has 0 N–H and O–H groups in total. The minimum atomic E-state index is -5.69. The molecule has 11 heteroatoms. The van der Waals surface area contributed by atoms with Crippen molar-refractivity contribution in [2.75, 3.05) is 26.4 Å². The second-order valence-electron chi connectivity index (χ2n) is 4.41. The van der Waals surface area contributed by atoms with Gasteiger partial charge >= 0.3 is 15.6 Å². The molecular weight excluding hydrogens is 353 g/mol. The summed E-state index contributed by atoms with van der Waals surface area (Å²) in [6, 6.07) is 2.34. The molecule has 2 aromatic heterocycles. The van der Waals surface area contributed by atoms with Gasteiger partial charge in [-0.3, -0.25) is 9.97 Å². The van der Waals surface area contributed by atoms with E-state index in [9.17, 15) is 21.6 Å². The molecule has 1 aliphatic rings. The van der Waals surface area contributed by atoms with Gasteiger partial charge in [-0.25, -0.2) is 0 Å². The van der Waals surface area contributed by atoms with Crippen LogP contribution in [0.2, 0.25) is 0 Å². The molecule has 0 saturated carbocycles. The number of nitrogens with zero attached hydrogens (tertiary/aromatic N) is 2. The Balaban J connectivity index is 0.000000292. The summed E-state index contributed by atoms with van der Waals surface area (Å²) in [4.78, 5) is 7.52. The molecule has 0 spiro atoms. The van der Waals surface area contributed by atoms with Crippen molar-refractivity contribution >= 4 is 21.0 Å². The van der Waals surface area contributed by atoms with Gasteiger partial charge in [0.25, 0.3) is 0 Å². The smallest absolute Gasteiger partial charge is 0.377 e. The monoisotopic (exact) mass is 366 g/mol. The second kappa shape index (κ2) is 7.73. The number of rotatable bonds is 2. The Morgan fingerprint density at radius 3 is 2.21 bits per heavy atom. The zero-order chi connectivity index (χ0) is 17.6. The van der Waals surface area contributed by atoms with E-state index in [1.165, 1.54) is 18.5 Å². The van der Waals surface area contributed by atoms with Gasteiger partial charge in [-0.1, -0.05) is 0 Å². The fourth-order valence-electron chi connectivity index (χ4n) is 1.65. The van der Waals surface area contributed by atoms with Crippen LogP contribution in [0, 0.1) is 0 Å². The first kappa shape index (κ1) is 18.4. The number of aromatic nitrogens is 2. The maximum absolute atomic E-state index is 12.2. The van der Waals surface area contributed by atoms with Crippen LogP contribution in [0.1, 0.15) is 0 Å². The molecule has 0 bridgehead atoms. The van der Waals surface area contributed by atoms with Crippen LogP contribution < -0.4 is 4.18 Å². The Morgan fingerprint density at radius 1 is 1.04 bits per heavy atom. The van der Waals surface area contributed by atoms with Gasteiger partial charge in [-0.15, -0.1) is 0 Å². The van der Waals surface area contributed by atoms with Gasteiger partial charge < -0.3 is 13.7 Å². The molecule has 3 heterocycles. The molecule has 0 radical (unpaired) electrons. The highest BCUT2D eigenvalue weighted by atomic mass is 32.2. The van der Waals surface area contributed by atoms with Gasteiger partial charge in [0.05, 0.1) is 38.1 Å². The first-order valence-corrected chi connectivity index (χ1v) is 8.07.